The molecule has 0 aliphatic carbocycles. The van der Waals surface area contributed by atoms with Gasteiger partial charge >= 0.3 is 11.8 Å². The standard InChI is InChI=1S/C25H31N5O4/c1-17-2-7-22(19-5-3-18(4-6-19)16-29-8-10-34-11-9-29)30(15-17)25(33)24(32)28-21-12-20(23(26)31)13-27-14-21/h3-6,12-14,17,22H,2,7-11,15-16H2,1H3,(H2,26,31)(H,28,32)/t17-,22+/m1/s1. The SMILES string of the molecule is C[C@@H]1CC[C@@H](c2ccc(CN3CCOCC3)cc2)N(C(=O)C(=O)Nc2cncc(C(N)=O)c2)C1. The molecule has 34 heavy (non-hydrogen) atoms. The first-order valence-electron chi connectivity index (χ1n) is 11.7. The van der Waals surface area contributed by atoms with Gasteiger partial charge in [0.1, 0.15) is 0 Å². The number of benzene rings is 1. The van der Waals surface area contributed by atoms with Crippen LogP contribution in [0.3, 0.4) is 0 Å². The fraction of sp³-hybridized carbons (Fsp3) is 0.440. The number of hydrogen-bond acceptors (Lipinski definition) is 6. The maximum absolute atomic E-state index is 13.2. The molecule has 9 heteroatoms. The zero-order valence-electron chi connectivity index (χ0n) is 19.4. The molecule has 3 amide bonds. The molecule has 180 valence electrons. The number of likely N-dealkylation sites (tertiary alicyclic amines) is 1. The van der Waals surface area contributed by atoms with Crippen LogP contribution >= 0.6 is 0 Å². The number of rotatable bonds is 5. The monoisotopic (exact) mass is 465 g/mol. The van der Waals surface area contributed by atoms with E-state index in [1.165, 1.54) is 24.0 Å². The average Bonchev–Trinajstić information content (AvgIpc) is 2.85. The molecule has 4 rings (SSSR count). The quantitative estimate of drug-likeness (QED) is 0.652. The Morgan fingerprint density at radius 1 is 1.12 bits per heavy atom. The van der Waals surface area contributed by atoms with Crippen molar-refractivity contribution in [1.29, 1.82) is 0 Å². The van der Waals surface area contributed by atoms with Crippen molar-refractivity contribution >= 4 is 23.4 Å². The molecule has 2 aliphatic heterocycles. The number of carbonyl (C=O) groups is 3. The first-order valence-corrected chi connectivity index (χ1v) is 11.7. The Balaban J connectivity index is 1.45. The number of ether oxygens (including phenoxy) is 1. The Bertz CT molecular complexity index is 1040. The van der Waals surface area contributed by atoms with Gasteiger partial charge in [0, 0.05) is 32.4 Å². The number of carbonyl (C=O) groups excluding carboxylic acids is 3. The molecule has 2 aromatic rings. The maximum atomic E-state index is 13.2. The fourth-order valence-electron chi connectivity index (χ4n) is 4.54. The minimum atomic E-state index is -0.758. The third-order valence-corrected chi connectivity index (χ3v) is 6.43. The molecule has 2 saturated heterocycles. The van der Waals surface area contributed by atoms with Gasteiger partial charge in [-0.3, -0.25) is 24.3 Å². The summed E-state index contributed by atoms with van der Waals surface area (Å²) in [6.45, 7) is 6.84. The number of pyridine rings is 1. The predicted octanol–water partition coefficient (Wildman–Crippen LogP) is 1.95. The first kappa shape index (κ1) is 23.8. The third kappa shape index (κ3) is 5.78. The molecule has 0 bridgehead atoms. The van der Waals surface area contributed by atoms with E-state index in [9.17, 15) is 14.4 Å². The molecular formula is C25H31N5O4. The number of nitrogens with zero attached hydrogens (tertiary/aromatic N) is 3. The zero-order chi connectivity index (χ0) is 24.1. The van der Waals surface area contributed by atoms with E-state index in [1.807, 2.05) is 0 Å². The van der Waals surface area contributed by atoms with E-state index in [0.29, 0.717) is 12.5 Å². The van der Waals surface area contributed by atoms with Crippen molar-refractivity contribution in [3.8, 4) is 0 Å². The van der Waals surface area contributed by atoms with Crippen LogP contribution in [-0.4, -0.2) is 65.4 Å². The summed E-state index contributed by atoms with van der Waals surface area (Å²) in [6.07, 6.45) is 4.46. The summed E-state index contributed by atoms with van der Waals surface area (Å²) >= 11 is 0. The van der Waals surface area contributed by atoms with Crippen LogP contribution in [-0.2, 0) is 20.9 Å². The third-order valence-electron chi connectivity index (χ3n) is 6.43. The van der Waals surface area contributed by atoms with Gasteiger partial charge in [0.15, 0.2) is 0 Å². The van der Waals surface area contributed by atoms with E-state index in [1.54, 1.807) is 4.90 Å². The van der Waals surface area contributed by atoms with Crippen LogP contribution in [0.25, 0.3) is 0 Å². The number of morpholine rings is 1. The minimum Gasteiger partial charge on any atom is -0.379 e. The number of nitrogens with two attached hydrogens (primary N) is 1. The lowest BCUT2D eigenvalue weighted by molar-refractivity contribution is -0.146. The van der Waals surface area contributed by atoms with E-state index in [2.05, 4.69) is 46.4 Å². The lowest BCUT2D eigenvalue weighted by atomic mass is 9.89. The Kier molecular flexibility index (Phi) is 7.54. The molecule has 2 fully saturated rings. The summed E-state index contributed by atoms with van der Waals surface area (Å²) in [5.74, 6) is -1.71. The number of nitrogens with one attached hydrogen (secondary N) is 1. The van der Waals surface area contributed by atoms with Gasteiger partial charge in [0.05, 0.1) is 36.7 Å². The molecule has 9 nitrogen and oxygen atoms in total. The number of anilines is 1. The molecule has 0 radical (unpaired) electrons. The first-order chi connectivity index (χ1) is 16.4. The maximum Gasteiger partial charge on any atom is 0.313 e. The van der Waals surface area contributed by atoms with Crippen LogP contribution in [0.4, 0.5) is 5.69 Å². The summed E-state index contributed by atoms with van der Waals surface area (Å²) < 4.78 is 5.42. The molecule has 0 spiro atoms. The molecular weight excluding hydrogens is 434 g/mol. The van der Waals surface area contributed by atoms with Gasteiger partial charge in [0.25, 0.3) is 0 Å². The van der Waals surface area contributed by atoms with Crippen LogP contribution in [0.1, 0.15) is 47.3 Å². The number of hydrogen-bond donors (Lipinski definition) is 2. The van der Waals surface area contributed by atoms with Gasteiger partial charge in [-0.25, -0.2) is 0 Å². The molecule has 0 saturated carbocycles. The summed E-state index contributed by atoms with van der Waals surface area (Å²) in [4.78, 5) is 45.3. The van der Waals surface area contributed by atoms with E-state index in [-0.39, 0.29) is 17.3 Å². The second-order valence-electron chi connectivity index (χ2n) is 9.07. The van der Waals surface area contributed by atoms with Crippen molar-refractivity contribution in [2.24, 2.45) is 11.7 Å². The second-order valence-corrected chi connectivity index (χ2v) is 9.07. The van der Waals surface area contributed by atoms with Gasteiger partial charge in [-0.2, -0.15) is 0 Å². The Morgan fingerprint density at radius 2 is 1.85 bits per heavy atom. The fourth-order valence-corrected chi connectivity index (χ4v) is 4.54. The largest absolute Gasteiger partial charge is 0.379 e. The number of piperidine rings is 1. The van der Waals surface area contributed by atoms with Gasteiger partial charge < -0.3 is 20.7 Å². The Labute approximate surface area is 199 Å². The van der Waals surface area contributed by atoms with Crippen LogP contribution in [0.5, 0.6) is 0 Å². The van der Waals surface area contributed by atoms with Crippen molar-refractivity contribution in [3.05, 3.63) is 59.4 Å². The zero-order valence-corrected chi connectivity index (χ0v) is 19.4. The number of amides is 3. The number of aromatic nitrogens is 1. The van der Waals surface area contributed by atoms with E-state index >= 15 is 0 Å². The van der Waals surface area contributed by atoms with Crippen LogP contribution in [0, 0.1) is 5.92 Å². The highest BCUT2D eigenvalue weighted by molar-refractivity contribution is 6.39. The predicted molar refractivity (Wildman–Crippen MR) is 127 cm³/mol. The average molecular weight is 466 g/mol. The smallest absolute Gasteiger partial charge is 0.313 e. The molecule has 3 N–H and O–H groups in total. The van der Waals surface area contributed by atoms with Gasteiger partial charge in [-0.15, -0.1) is 0 Å². The van der Waals surface area contributed by atoms with Gasteiger partial charge in [0.2, 0.25) is 5.91 Å². The Hall–Kier alpha value is -3.30. The van der Waals surface area contributed by atoms with Crippen molar-refractivity contribution in [1.82, 2.24) is 14.8 Å². The lowest BCUT2D eigenvalue weighted by Crippen LogP contribution is -2.46. The van der Waals surface area contributed by atoms with Crippen molar-refractivity contribution < 1.29 is 19.1 Å². The minimum absolute atomic E-state index is 0.159. The molecule has 1 aromatic carbocycles. The van der Waals surface area contributed by atoms with E-state index in [4.69, 9.17) is 10.5 Å². The normalized spacial score (nSPS) is 21.1. The Morgan fingerprint density at radius 3 is 2.56 bits per heavy atom. The lowest BCUT2D eigenvalue weighted by Gasteiger charge is -2.38. The van der Waals surface area contributed by atoms with Gasteiger partial charge in [-0.05, 0) is 36.0 Å². The highest BCUT2D eigenvalue weighted by atomic mass is 16.5. The van der Waals surface area contributed by atoms with Gasteiger partial charge in [-0.1, -0.05) is 31.2 Å². The van der Waals surface area contributed by atoms with Crippen LogP contribution < -0.4 is 11.1 Å². The van der Waals surface area contributed by atoms with E-state index < -0.39 is 17.7 Å². The molecule has 2 aliphatic rings. The highest BCUT2D eigenvalue weighted by Gasteiger charge is 2.34. The number of primary amides is 1. The molecule has 2 atom stereocenters. The second kappa shape index (κ2) is 10.8. The topological polar surface area (TPSA) is 118 Å². The summed E-state index contributed by atoms with van der Waals surface area (Å²) in [6, 6.07) is 9.58. The van der Waals surface area contributed by atoms with Crippen molar-refractivity contribution in [2.45, 2.75) is 32.4 Å². The van der Waals surface area contributed by atoms with Crippen LogP contribution in [0.15, 0.2) is 42.7 Å². The van der Waals surface area contributed by atoms with Crippen LogP contribution in [0.2, 0.25) is 0 Å². The summed E-state index contributed by atoms with van der Waals surface area (Å²) in [5.41, 5.74) is 7.93. The van der Waals surface area contributed by atoms with Crippen molar-refractivity contribution in [2.75, 3.05) is 38.2 Å². The summed E-state index contributed by atoms with van der Waals surface area (Å²) in [5, 5.41) is 2.56. The van der Waals surface area contributed by atoms with E-state index in [0.717, 1.165) is 51.3 Å². The molecule has 3 heterocycles. The summed E-state index contributed by atoms with van der Waals surface area (Å²) in [7, 11) is 0. The highest BCUT2D eigenvalue weighted by Crippen LogP contribution is 2.33. The molecule has 0 unspecified atom stereocenters. The van der Waals surface area contributed by atoms with Crippen molar-refractivity contribution in [3.63, 3.8) is 0 Å². The molecule has 1 aromatic heterocycles.